The first kappa shape index (κ1) is 27.3. The van der Waals surface area contributed by atoms with Crippen LogP contribution in [0, 0.1) is 5.92 Å². The van der Waals surface area contributed by atoms with Crippen molar-refractivity contribution in [2.24, 2.45) is 13.0 Å². The third-order valence-corrected chi connectivity index (χ3v) is 7.60. The zero-order valence-electron chi connectivity index (χ0n) is 22.7. The average Bonchev–Trinajstić information content (AvgIpc) is 3.24. The average molecular weight is 545 g/mol. The summed E-state index contributed by atoms with van der Waals surface area (Å²) in [5.41, 5.74) is 11.0. The third-order valence-electron chi connectivity index (χ3n) is 7.60. The number of nitrogen functional groups attached to an aromatic ring is 1. The summed E-state index contributed by atoms with van der Waals surface area (Å²) < 4.78 is 21.2. The number of rotatable bonds is 8. The molecule has 2 aromatic heterocycles. The summed E-state index contributed by atoms with van der Waals surface area (Å²) in [6, 6.07) is 7.58. The van der Waals surface area contributed by atoms with Gasteiger partial charge in [-0.3, -0.25) is 9.59 Å². The van der Waals surface area contributed by atoms with Crippen LogP contribution >= 0.6 is 0 Å². The van der Waals surface area contributed by atoms with Crippen LogP contribution in [0.25, 0.3) is 27.9 Å². The minimum Gasteiger partial charge on any atom is -0.383 e. The molecular weight excluding hydrogens is 511 g/mol. The molecule has 40 heavy (non-hydrogen) atoms. The molecule has 1 atom stereocenters. The summed E-state index contributed by atoms with van der Waals surface area (Å²) in [4.78, 5) is 33.5. The molecule has 3 aromatic rings. The molecule has 0 spiro atoms. The van der Waals surface area contributed by atoms with Crippen molar-refractivity contribution >= 4 is 39.9 Å². The number of fused-ring (bicyclic) bond motifs is 1. The van der Waals surface area contributed by atoms with Crippen LogP contribution < -0.4 is 16.4 Å². The lowest BCUT2D eigenvalue weighted by atomic mass is 9.81. The maximum atomic E-state index is 14.2. The minimum atomic E-state index is -1.49. The summed E-state index contributed by atoms with van der Waals surface area (Å²) in [5.74, 6) is -0.230. The monoisotopic (exact) mass is 544 g/mol. The molecule has 10 heteroatoms. The van der Waals surface area contributed by atoms with Crippen LogP contribution in [0.5, 0.6) is 0 Å². The molecule has 1 fully saturated rings. The van der Waals surface area contributed by atoms with Gasteiger partial charge in [-0.15, -0.1) is 0 Å². The predicted molar refractivity (Wildman–Crippen MR) is 154 cm³/mol. The van der Waals surface area contributed by atoms with E-state index in [4.69, 9.17) is 10.5 Å². The van der Waals surface area contributed by atoms with E-state index >= 15 is 0 Å². The molecule has 208 valence electrons. The van der Waals surface area contributed by atoms with Crippen LogP contribution in [-0.4, -0.2) is 51.8 Å². The summed E-state index contributed by atoms with van der Waals surface area (Å²) in [6.07, 6.45) is 5.57. The quantitative estimate of drug-likeness (QED) is 0.363. The number of hydrogen-bond acceptors (Lipinski definition) is 6. The molecule has 1 aromatic carbocycles. The topological polar surface area (TPSA) is 124 Å². The van der Waals surface area contributed by atoms with Crippen LogP contribution in [0.3, 0.4) is 0 Å². The number of ether oxygens (including phenoxy) is 1. The molecule has 1 aliphatic heterocycles. The standard InChI is InChI=1S/C30H33FN6O3/c1-17(2)28(38)36-22-11-9-21(10-12-22)25-23(24-26(32)34-16-35-27(24)37(25)4)20-7-5-19(6-8-20)18(3)29(39)33-13-30(31)14-40-15-30/h7,9-12,16,19H,1,3,5-6,8,13-15H2,2,4H3,(H,33,39)(H,36,38)(H2,32,34,35)/t19-/m1/s1. The zero-order chi connectivity index (χ0) is 28.6. The number of allylic oxidation sites excluding steroid dienone is 2. The van der Waals surface area contributed by atoms with Gasteiger partial charge in [0, 0.05) is 29.4 Å². The lowest BCUT2D eigenvalue weighted by Crippen LogP contribution is -2.53. The Morgan fingerprint density at radius 1 is 1.20 bits per heavy atom. The van der Waals surface area contributed by atoms with Crippen molar-refractivity contribution < 1.29 is 18.7 Å². The Balaban J connectivity index is 1.43. The number of alkyl halides is 1. The van der Waals surface area contributed by atoms with E-state index in [0.717, 1.165) is 27.8 Å². The molecule has 4 N–H and O–H groups in total. The van der Waals surface area contributed by atoms with Crippen LogP contribution in [0.2, 0.25) is 0 Å². The highest BCUT2D eigenvalue weighted by Crippen LogP contribution is 2.43. The molecule has 3 heterocycles. The number of benzene rings is 1. The first-order chi connectivity index (χ1) is 19.1. The summed E-state index contributed by atoms with van der Waals surface area (Å²) in [5, 5.41) is 6.28. The Hall–Kier alpha value is -4.31. The number of carbonyl (C=O) groups is 2. The second kappa shape index (κ2) is 10.7. The molecule has 5 rings (SSSR count). The van der Waals surface area contributed by atoms with Gasteiger partial charge in [0.2, 0.25) is 5.91 Å². The third kappa shape index (κ3) is 5.14. The van der Waals surface area contributed by atoms with Gasteiger partial charge in [0.15, 0.2) is 5.67 Å². The second-order valence-electron chi connectivity index (χ2n) is 10.6. The van der Waals surface area contributed by atoms with Gasteiger partial charge in [-0.2, -0.15) is 0 Å². The maximum absolute atomic E-state index is 14.2. The maximum Gasteiger partial charge on any atom is 0.250 e. The Kier molecular flexibility index (Phi) is 7.29. The smallest absolute Gasteiger partial charge is 0.250 e. The van der Waals surface area contributed by atoms with E-state index in [9.17, 15) is 14.0 Å². The van der Waals surface area contributed by atoms with Gasteiger partial charge >= 0.3 is 0 Å². The summed E-state index contributed by atoms with van der Waals surface area (Å²) >= 11 is 0. The Bertz CT molecular complexity index is 1550. The lowest BCUT2D eigenvalue weighted by Gasteiger charge is -2.34. The van der Waals surface area contributed by atoms with E-state index < -0.39 is 5.67 Å². The zero-order valence-corrected chi connectivity index (χ0v) is 22.7. The van der Waals surface area contributed by atoms with Crippen molar-refractivity contribution in [3.8, 4) is 11.3 Å². The van der Waals surface area contributed by atoms with E-state index in [0.29, 0.717) is 47.6 Å². The van der Waals surface area contributed by atoms with E-state index in [1.807, 2.05) is 35.9 Å². The van der Waals surface area contributed by atoms with Crippen LogP contribution in [0.15, 0.2) is 61.0 Å². The van der Waals surface area contributed by atoms with E-state index in [1.165, 1.54) is 6.33 Å². The highest BCUT2D eigenvalue weighted by atomic mass is 19.1. The van der Waals surface area contributed by atoms with E-state index in [2.05, 4.69) is 39.8 Å². The molecule has 1 saturated heterocycles. The van der Waals surface area contributed by atoms with Crippen LogP contribution in [0.4, 0.5) is 15.9 Å². The summed E-state index contributed by atoms with van der Waals surface area (Å²) in [6.45, 7) is 9.28. The van der Waals surface area contributed by atoms with Gasteiger partial charge < -0.3 is 25.7 Å². The van der Waals surface area contributed by atoms with Crippen molar-refractivity contribution in [1.82, 2.24) is 19.9 Å². The van der Waals surface area contributed by atoms with Crippen molar-refractivity contribution in [3.63, 3.8) is 0 Å². The molecule has 9 nitrogen and oxygen atoms in total. The van der Waals surface area contributed by atoms with Gasteiger partial charge in [-0.05, 0) is 55.4 Å². The fraction of sp³-hybridized carbons (Fsp3) is 0.333. The normalized spacial score (nSPS) is 18.0. The molecule has 0 unspecified atom stereocenters. The minimum absolute atomic E-state index is 0.00134. The lowest BCUT2D eigenvalue weighted by molar-refractivity contribution is -0.134. The largest absolute Gasteiger partial charge is 0.383 e. The Morgan fingerprint density at radius 2 is 1.93 bits per heavy atom. The van der Waals surface area contributed by atoms with Crippen molar-refractivity contribution in [2.45, 2.75) is 31.9 Å². The fourth-order valence-electron chi connectivity index (χ4n) is 5.22. The van der Waals surface area contributed by atoms with E-state index in [-0.39, 0.29) is 37.5 Å². The Labute approximate surface area is 232 Å². The molecule has 2 amide bonds. The van der Waals surface area contributed by atoms with Gasteiger partial charge in [-0.1, -0.05) is 31.4 Å². The van der Waals surface area contributed by atoms with Gasteiger partial charge in [0.25, 0.3) is 5.91 Å². The van der Waals surface area contributed by atoms with Crippen molar-refractivity contribution in [1.29, 1.82) is 0 Å². The predicted octanol–water partition coefficient (Wildman–Crippen LogP) is 4.33. The molecule has 0 bridgehead atoms. The number of carbonyl (C=O) groups excluding carboxylic acids is 2. The molecule has 0 saturated carbocycles. The highest BCUT2D eigenvalue weighted by Gasteiger charge is 2.39. The number of aromatic nitrogens is 3. The van der Waals surface area contributed by atoms with Crippen LogP contribution in [-0.2, 0) is 21.4 Å². The first-order valence-electron chi connectivity index (χ1n) is 13.2. The van der Waals surface area contributed by atoms with Crippen LogP contribution in [0.1, 0.15) is 31.7 Å². The summed E-state index contributed by atoms with van der Waals surface area (Å²) in [7, 11) is 1.94. The molecule has 2 aliphatic rings. The number of amides is 2. The number of anilines is 2. The van der Waals surface area contributed by atoms with Gasteiger partial charge in [0.1, 0.15) is 17.8 Å². The number of aryl methyl sites for hydroxylation is 1. The number of hydrogen-bond donors (Lipinski definition) is 3. The molecule has 1 aliphatic carbocycles. The number of nitrogens with zero attached hydrogens (tertiary/aromatic N) is 3. The molecule has 0 radical (unpaired) electrons. The van der Waals surface area contributed by atoms with Crippen molar-refractivity contribution in [3.05, 3.63) is 66.5 Å². The number of nitrogens with two attached hydrogens (primary N) is 1. The SMILES string of the molecule is C=C(C)C(=O)Nc1ccc(-c2c(C3=CC[C@@H](C(=C)C(=O)NCC4(F)COC4)CC3)c3c(N)ncnc3n2C)cc1. The molecular formula is C30H33FN6O3. The first-order valence-corrected chi connectivity index (χ1v) is 13.2. The fourth-order valence-corrected chi connectivity index (χ4v) is 5.22. The second-order valence-corrected chi connectivity index (χ2v) is 10.6. The van der Waals surface area contributed by atoms with Gasteiger partial charge in [-0.25, -0.2) is 14.4 Å². The highest BCUT2D eigenvalue weighted by molar-refractivity contribution is 6.05. The number of nitrogens with one attached hydrogen (secondary N) is 2. The van der Waals surface area contributed by atoms with Crippen molar-refractivity contribution in [2.75, 3.05) is 30.8 Å². The van der Waals surface area contributed by atoms with E-state index in [1.54, 1.807) is 6.92 Å². The Morgan fingerprint density at radius 3 is 2.52 bits per heavy atom. The number of halogens is 1. The van der Waals surface area contributed by atoms with Gasteiger partial charge in [0.05, 0.1) is 30.8 Å².